The molecule has 2 aromatic rings. The van der Waals surface area contributed by atoms with Gasteiger partial charge < -0.3 is 20.0 Å². The molecule has 0 spiro atoms. The maximum Gasteiger partial charge on any atom is 0.191 e. The van der Waals surface area contributed by atoms with Crippen LogP contribution in [0.15, 0.2) is 44.4 Å². The summed E-state index contributed by atoms with van der Waals surface area (Å²) in [7, 11) is 1.70. The third kappa shape index (κ3) is 4.55. The molecule has 1 aromatic heterocycles. The fourth-order valence-corrected chi connectivity index (χ4v) is 3.39. The lowest BCUT2D eigenvalue weighted by Crippen LogP contribution is -2.45. The number of nitrogens with one attached hydrogen (secondary N) is 2. The third-order valence-electron chi connectivity index (χ3n) is 4.30. The van der Waals surface area contributed by atoms with Crippen LogP contribution < -0.4 is 15.5 Å². The lowest BCUT2D eigenvalue weighted by Gasteiger charge is -2.21. The van der Waals surface area contributed by atoms with E-state index in [4.69, 9.17) is 4.42 Å². The van der Waals surface area contributed by atoms with Crippen LogP contribution in [0.1, 0.15) is 12.2 Å². The Bertz CT molecular complexity index is 760. The Balaban J connectivity index is 1.50. The number of aliphatic imine (C=N–C) groups is 1. The van der Waals surface area contributed by atoms with Gasteiger partial charge in [-0.2, -0.15) is 0 Å². The number of furan rings is 1. The van der Waals surface area contributed by atoms with Crippen molar-refractivity contribution >= 4 is 27.6 Å². The summed E-state index contributed by atoms with van der Waals surface area (Å²) in [6.07, 6.45) is 1.50. The number of benzene rings is 1. The predicted molar refractivity (Wildman–Crippen MR) is 102 cm³/mol. The monoisotopic (exact) mass is 426 g/mol. The van der Waals surface area contributed by atoms with Crippen LogP contribution in [0.4, 0.5) is 14.5 Å². The molecule has 1 fully saturated rings. The summed E-state index contributed by atoms with van der Waals surface area (Å²) in [4.78, 5) is 5.94. The highest BCUT2D eigenvalue weighted by atomic mass is 79.9. The lowest BCUT2D eigenvalue weighted by molar-refractivity contribution is 0.485. The summed E-state index contributed by atoms with van der Waals surface area (Å²) in [6.45, 7) is 1.77. The Morgan fingerprint density at radius 1 is 1.31 bits per heavy atom. The fourth-order valence-electron chi connectivity index (χ4n) is 3.05. The molecule has 1 atom stereocenters. The number of hydrogen-bond donors (Lipinski definition) is 2. The second-order valence-electron chi connectivity index (χ2n) is 6.10. The molecule has 8 heteroatoms. The summed E-state index contributed by atoms with van der Waals surface area (Å²) in [5.41, 5.74) is 0.0446. The lowest BCUT2D eigenvalue weighted by atomic mass is 10.2. The van der Waals surface area contributed by atoms with Gasteiger partial charge in [0, 0.05) is 39.1 Å². The van der Waals surface area contributed by atoms with Crippen LogP contribution in [0.3, 0.4) is 0 Å². The van der Waals surface area contributed by atoms with Gasteiger partial charge in [-0.05, 0) is 46.6 Å². The molecular formula is C18H21BrF2N4O. The van der Waals surface area contributed by atoms with Crippen LogP contribution in [0.25, 0.3) is 0 Å². The van der Waals surface area contributed by atoms with Crippen LogP contribution >= 0.6 is 15.9 Å². The quantitative estimate of drug-likeness (QED) is 0.568. The van der Waals surface area contributed by atoms with Crippen molar-refractivity contribution in [2.24, 2.45) is 4.99 Å². The Kier molecular flexibility index (Phi) is 6.13. The van der Waals surface area contributed by atoms with E-state index in [0.717, 1.165) is 18.6 Å². The van der Waals surface area contributed by atoms with E-state index < -0.39 is 11.6 Å². The molecule has 3 rings (SSSR count). The standard InChI is InChI=1S/C18H21BrF2N4O/c1-22-18(23-9-7-13-5-6-16(19)26-13)24-12-8-10-25(11-12)17-14(20)3-2-4-15(17)21/h2-6,12H,7-11H2,1H3,(H2,22,23,24). The van der Waals surface area contributed by atoms with Gasteiger partial charge in [0.1, 0.15) is 23.1 Å². The second-order valence-corrected chi connectivity index (χ2v) is 6.88. The smallest absolute Gasteiger partial charge is 0.191 e. The minimum atomic E-state index is -0.530. The van der Waals surface area contributed by atoms with Gasteiger partial charge in [0.05, 0.1) is 0 Å². The first kappa shape index (κ1) is 18.7. The van der Waals surface area contributed by atoms with Crippen molar-refractivity contribution in [2.45, 2.75) is 18.9 Å². The summed E-state index contributed by atoms with van der Waals surface area (Å²) < 4.78 is 34.0. The zero-order chi connectivity index (χ0) is 18.5. The van der Waals surface area contributed by atoms with E-state index in [-0.39, 0.29) is 11.7 Å². The molecule has 26 heavy (non-hydrogen) atoms. The minimum Gasteiger partial charge on any atom is -0.454 e. The van der Waals surface area contributed by atoms with Crippen molar-refractivity contribution in [3.05, 3.63) is 52.4 Å². The maximum absolute atomic E-state index is 13.9. The first-order valence-electron chi connectivity index (χ1n) is 8.47. The van der Waals surface area contributed by atoms with E-state index >= 15 is 0 Å². The molecule has 1 aromatic carbocycles. The first-order chi connectivity index (χ1) is 12.6. The SMILES string of the molecule is CN=C(NCCc1ccc(Br)o1)NC1CCN(c2c(F)cccc2F)C1. The Morgan fingerprint density at radius 2 is 2.08 bits per heavy atom. The largest absolute Gasteiger partial charge is 0.454 e. The highest BCUT2D eigenvalue weighted by Crippen LogP contribution is 2.26. The van der Waals surface area contributed by atoms with Gasteiger partial charge in [-0.25, -0.2) is 8.78 Å². The Morgan fingerprint density at radius 3 is 2.73 bits per heavy atom. The van der Waals surface area contributed by atoms with Crippen LogP contribution in [0.2, 0.25) is 0 Å². The molecule has 0 amide bonds. The van der Waals surface area contributed by atoms with Gasteiger partial charge in [-0.15, -0.1) is 0 Å². The van der Waals surface area contributed by atoms with Crippen LogP contribution in [-0.4, -0.2) is 38.7 Å². The highest BCUT2D eigenvalue weighted by molar-refractivity contribution is 9.10. The van der Waals surface area contributed by atoms with Crippen molar-refractivity contribution in [3.8, 4) is 0 Å². The number of anilines is 1. The average molecular weight is 427 g/mol. The Hall–Kier alpha value is -2.09. The van der Waals surface area contributed by atoms with Gasteiger partial charge in [0.15, 0.2) is 10.6 Å². The number of rotatable bonds is 5. The van der Waals surface area contributed by atoms with Crippen molar-refractivity contribution < 1.29 is 13.2 Å². The topological polar surface area (TPSA) is 52.8 Å². The average Bonchev–Trinajstić information content (AvgIpc) is 3.23. The third-order valence-corrected chi connectivity index (χ3v) is 4.73. The minimum absolute atomic E-state index is 0.0446. The summed E-state index contributed by atoms with van der Waals surface area (Å²) in [6, 6.07) is 7.79. The molecule has 1 aliphatic rings. The normalized spacial score (nSPS) is 17.6. The van der Waals surface area contributed by atoms with E-state index in [1.165, 1.54) is 18.2 Å². The molecule has 5 nitrogen and oxygen atoms in total. The second kappa shape index (κ2) is 8.53. The molecule has 1 aliphatic heterocycles. The summed E-state index contributed by atoms with van der Waals surface area (Å²) in [5.74, 6) is 0.480. The zero-order valence-electron chi connectivity index (χ0n) is 14.4. The van der Waals surface area contributed by atoms with Gasteiger partial charge in [-0.1, -0.05) is 6.07 Å². The number of guanidine groups is 1. The number of nitrogens with zero attached hydrogens (tertiary/aromatic N) is 2. The molecule has 2 heterocycles. The van der Waals surface area contributed by atoms with Gasteiger partial charge in [-0.3, -0.25) is 4.99 Å². The van der Waals surface area contributed by atoms with E-state index in [2.05, 4.69) is 31.6 Å². The van der Waals surface area contributed by atoms with Crippen LogP contribution in [0.5, 0.6) is 0 Å². The van der Waals surface area contributed by atoms with Crippen molar-refractivity contribution in [2.75, 3.05) is 31.6 Å². The number of hydrogen-bond acceptors (Lipinski definition) is 3. The molecule has 1 unspecified atom stereocenters. The predicted octanol–water partition coefficient (Wildman–Crippen LogP) is 3.31. The zero-order valence-corrected chi connectivity index (χ0v) is 16.0. The molecule has 0 aliphatic carbocycles. The first-order valence-corrected chi connectivity index (χ1v) is 9.26. The molecular weight excluding hydrogens is 406 g/mol. The van der Waals surface area contributed by atoms with Gasteiger partial charge in [0.25, 0.3) is 0 Å². The molecule has 0 saturated carbocycles. The van der Waals surface area contributed by atoms with E-state index in [1.807, 2.05) is 12.1 Å². The van der Waals surface area contributed by atoms with Crippen LogP contribution in [-0.2, 0) is 6.42 Å². The van der Waals surface area contributed by atoms with E-state index in [1.54, 1.807) is 11.9 Å². The van der Waals surface area contributed by atoms with Crippen molar-refractivity contribution in [1.29, 1.82) is 0 Å². The molecule has 0 radical (unpaired) electrons. The summed E-state index contributed by atoms with van der Waals surface area (Å²) >= 11 is 3.28. The fraction of sp³-hybridized carbons (Fsp3) is 0.389. The van der Waals surface area contributed by atoms with Crippen LogP contribution in [0, 0.1) is 11.6 Å². The van der Waals surface area contributed by atoms with Gasteiger partial charge >= 0.3 is 0 Å². The van der Waals surface area contributed by atoms with E-state index in [9.17, 15) is 8.78 Å². The Labute approximate surface area is 159 Å². The molecule has 1 saturated heterocycles. The van der Waals surface area contributed by atoms with Crippen molar-refractivity contribution in [1.82, 2.24) is 10.6 Å². The number of para-hydroxylation sites is 1. The number of halogens is 3. The summed E-state index contributed by atoms with van der Waals surface area (Å²) in [5, 5.41) is 6.54. The molecule has 140 valence electrons. The van der Waals surface area contributed by atoms with Gasteiger partial charge in [0.2, 0.25) is 0 Å². The van der Waals surface area contributed by atoms with E-state index in [0.29, 0.717) is 30.3 Å². The molecule has 2 N–H and O–H groups in total. The highest BCUT2D eigenvalue weighted by Gasteiger charge is 2.27. The molecule has 0 bridgehead atoms. The maximum atomic E-state index is 13.9. The van der Waals surface area contributed by atoms with Crippen molar-refractivity contribution in [3.63, 3.8) is 0 Å².